The van der Waals surface area contributed by atoms with Gasteiger partial charge in [0, 0.05) is 29.7 Å². The van der Waals surface area contributed by atoms with Crippen LogP contribution in [0.1, 0.15) is 55.5 Å². The Morgan fingerprint density at radius 1 is 0.875 bits per heavy atom. The van der Waals surface area contributed by atoms with Gasteiger partial charge in [-0.3, -0.25) is 0 Å². The molecule has 0 saturated carbocycles. The molecule has 2 N–H and O–H groups in total. The molecule has 0 amide bonds. The Kier molecular flexibility index (Phi) is 5.23. The molecule has 0 saturated heterocycles. The average Bonchev–Trinajstić information content (AvgIpc) is 3.20. The number of hydrogen-bond donors (Lipinski definition) is 1. The van der Waals surface area contributed by atoms with Crippen molar-refractivity contribution in [3.05, 3.63) is 95.1 Å². The maximum atomic E-state index is 6.82. The molecule has 0 bridgehead atoms. The third kappa shape index (κ3) is 3.68. The fraction of sp³-hybridized carbons (Fsp3) is 0.357. The lowest BCUT2D eigenvalue weighted by Gasteiger charge is -2.35. The van der Waals surface area contributed by atoms with Crippen LogP contribution in [0.25, 0.3) is 0 Å². The monoisotopic (exact) mass is 429 g/mol. The molecule has 3 aromatic rings. The first-order valence-electron chi connectivity index (χ1n) is 11.4. The highest BCUT2D eigenvalue weighted by molar-refractivity contribution is 5.57. The molecule has 0 fully saturated rings. The summed E-state index contributed by atoms with van der Waals surface area (Å²) in [4.78, 5) is 0. The smallest absolute Gasteiger partial charge is 0.305 e. The predicted octanol–water partition coefficient (Wildman–Crippen LogP) is 5.74. The lowest BCUT2D eigenvalue weighted by atomic mass is 9.84. The first-order chi connectivity index (χ1) is 15.4. The fourth-order valence-electron chi connectivity index (χ4n) is 4.93. The number of nitrogens with two attached hydrogens (primary N) is 1. The molecule has 0 aliphatic carbocycles. The van der Waals surface area contributed by atoms with E-state index in [1.165, 1.54) is 0 Å². The Morgan fingerprint density at radius 3 is 2.06 bits per heavy atom. The lowest BCUT2D eigenvalue weighted by molar-refractivity contribution is -0.0513. The van der Waals surface area contributed by atoms with Crippen molar-refractivity contribution in [3.63, 3.8) is 0 Å². The van der Waals surface area contributed by atoms with Gasteiger partial charge >= 0.3 is 5.79 Å². The highest BCUT2D eigenvalue weighted by atomic mass is 16.7. The van der Waals surface area contributed by atoms with Gasteiger partial charge in [0.1, 0.15) is 0 Å². The summed E-state index contributed by atoms with van der Waals surface area (Å²) < 4.78 is 19.9. The molecule has 0 aromatic heterocycles. The second kappa shape index (κ2) is 7.95. The molecule has 5 rings (SSSR count). The summed E-state index contributed by atoms with van der Waals surface area (Å²) in [6.07, 6.45) is 1.70. The lowest BCUT2D eigenvalue weighted by Crippen LogP contribution is -2.37. The summed E-state index contributed by atoms with van der Waals surface area (Å²) in [5.74, 6) is 0.565. The summed E-state index contributed by atoms with van der Waals surface area (Å²) >= 11 is 0. The predicted molar refractivity (Wildman–Crippen MR) is 126 cm³/mol. The Hall–Kier alpha value is -2.82. The molecule has 2 aliphatic rings. The van der Waals surface area contributed by atoms with Gasteiger partial charge in [-0.15, -0.1) is 0 Å². The van der Waals surface area contributed by atoms with Crippen LogP contribution in [0.4, 0.5) is 0 Å². The summed E-state index contributed by atoms with van der Waals surface area (Å²) in [5, 5.41) is 0. The van der Waals surface area contributed by atoms with Crippen molar-refractivity contribution >= 4 is 0 Å². The largest absolute Gasteiger partial charge is 0.440 e. The topological polar surface area (TPSA) is 53.7 Å². The zero-order chi connectivity index (χ0) is 22.3. The van der Waals surface area contributed by atoms with Gasteiger partial charge < -0.3 is 19.9 Å². The Bertz CT molecular complexity index is 1050. The van der Waals surface area contributed by atoms with Crippen LogP contribution in [0.15, 0.2) is 72.8 Å². The summed E-state index contributed by atoms with van der Waals surface area (Å²) in [6.45, 7) is 7.17. The van der Waals surface area contributed by atoms with Crippen molar-refractivity contribution in [1.82, 2.24) is 0 Å². The molecule has 2 unspecified atom stereocenters. The van der Waals surface area contributed by atoms with Gasteiger partial charge in [0.25, 0.3) is 0 Å². The maximum absolute atomic E-state index is 6.82. The summed E-state index contributed by atoms with van der Waals surface area (Å²) in [6, 6.07) is 24.4. The minimum Gasteiger partial charge on any atom is -0.440 e. The van der Waals surface area contributed by atoms with E-state index >= 15 is 0 Å². The molecule has 0 radical (unpaired) electrons. The Morgan fingerprint density at radius 2 is 1.50 bits per heavy atom. The third-order valence-corrected chi connectivity index (χ3v) is 6.26. The zero-order valence-electron chi connectivity index (χ0n) is 19.0. The van der Waals surface area contributed by atoms with Gasteiger partial charge in [-0.05, 0) is 23.5 Å². The van der Waals surface area contributed by atoms with Gasteiger partial charge in [-0.2, -0.15) is 0 Å². The quantitative estimate of drug-likeness (QED) is 0.575. The minimum atomic E-state index is -1.02. The van der Waals surface area contributed by atoms with E-state index in [2.05, 4.69) is 51.1 Å². The zero-order valence-corrected chi connectivity index (χ0v) is 19.0. The molecule has 2 heterocycles. The fourth-order valence-corrected chi connectivity index (χ4v) is 4.93. The molecular formula is C28H31NO3. The molecule has 2 aliphatic heterocycles. The van der Waals surface area contributed by atoms with Crippen molar-refractivity contribution in [2.75, 3.05) is 6.54 Å². The van der Waals surface area contributed by atoms with Crippen LogP contribution in [0, 0.1) is 5.41 Å². The first-order valence-corrected chi connectivity index (χ1v) is 11.4. The van der Waals surface area contributed by atoms with Crippen molar-refractivity contribution in [2.45, 2.75) is 51.6 Å². The van der Waals surface area contributed by atoms with E-state index in [1.54, 1.807) is 0 Å². The van der Waals surface area contributed by atoms with E-state index in [1.807, 2.05) is 42.5 Å². The van der Waals surface area contributed by atoms with E-state index in [-0.39, 0.29) is 17.6 Å². The van der Waals surface area contributed by atoms with Crippen LogP contribution in [0.5, 0.6) is 11.5 Å². The van der Waals surface area contributed by atoms with Gasteiger partial charge in [0.15, 0.2) is 11.5 Å². The Labute approximate surface area is 190 Å². The normalized spacial score (nSPS) is 21.2. The number of rotatable bonds is 4. The number of benzene rings is 3. The molecular weight excluding hydrogens is 398 g/mol. The average molecular weight is 430 g/mol. The maximum Gasteiger partial charge on any atom is 0.305 e. The van der Waals surface area contributed by atoms with E-state index in [9.17, 15) is 0 Å². The molecule has 0 spiro atoms. The summed E-state index contributed by atoms with van der Waals surface area (Å²) in [5.41, 5.74) is 10.5. The number of fused-ring (bicyclic) bond motifs is 3. The molecule has 166 valence electrons. The van der Waals surface area contributed by atoms with Crippen LogP contribution < -0.4 is 15.2 Å². The standard InChI is InChI=1S/C28H31NO3/c1-27(2,3)17-21-16-23-22(25(18-29)30-21)14-15-24-26(23)32-28(31-24,19-10-6-4-7-11-19)20-12-8-5-9-13-20/h4-15,21,25H,16-18,29H2,1-3H3. The van der Waals surface area contributed by atoms with Gasteiger partial charge in [0.05, 0.1) is 12.2 Å². The van der Waals surface area contributed by atoms with Crippen molar-refractivity contribution < 1.29 is 14.2 Å². The third-order valence-electron chi connectivity index (χ3n) is 6.26. The van der Waals surface area contributed by atoms with E-state index < -0.39 is 5.79 Å². The molecule has 4 nitrogen and oxygen atoms in total. The van der Waals surface area contributed by atoms with E-state index in [4.69, 9.17) is 19.9 Å². The van der Waals surface area contributed by atoms with Crippen molar-refractivity contribution in [2.24, 2.45) is 11.1 Å². The van der Waals surface area contributed by atoms with Crippen LogP contribution in [-0.4, -0.2) is 12.6 Å². The first kappa shape index (κ1) is 21.0. The number of ether oxygens (including phenoxy) is 3. The van der Waals surface area contributed by atoms with Gasteiger partial charge in [-0.1, -0.05) is 87.5 Å². The second-order valence-electron chi connectivity index (χ2n) is 9.96. The van der Waals surface area contributed by atoms with Crippen molar-refractivity contribution in [1.29, 1.82) is 0 Å². The van der Waals surface area contributed by atoms with Gasteiger partial charge in [-0.25, -0.2) is 0 Å². The molecule has 3 aromatic carbocycles. The molecule has 4 heteroatoms. The molecule has 32 heavy (non-hydrogen) atoms. The van der Waals surface area contributed by atoms with Crippen LogP contribution in [0.2, 0.25) is 0 Å². The highest BCUT2D eigenvalue weighted by Crippen LogP contribution is 2.52. The van der Waals surface area contributed by atoms with Gasteiger partial charge in [0.2, 0.25) is 0 Å². The minimum absolute atomic E-state index is 0.0922. The highest BCUT2D eigenvalue weighted by Gasteiger charge is 2.47. The van der Waals surface area contributed by atoms with Crippen molar-refractivity contribution in [3.8, 4) is 11.5 Å². The van der Waals surface area contributed by atoms with Crippen LogP contribution in [0.3, 0.4) is 0 Å². The van der Waals surface area contributed by atoms with Crippen LogP contribution in [-0.2, 0) is 16.9 Å². The van der Waals surface area contributed by atoms with E-state index in [0.717, 1.165) is 46.6 Å². The van der Waals surface area contributed by atoms with Crippen LogP contribution >= 0.6 is 0 Å². The number of hydrogen-bond acceptors (Lipinski definition) is 4. The SMILES string of the molecule is CC(C)(C)CC1Cc2c(ccc3c2OC(c2ccccc2)(c2ccccc2)O3)C(CN)O1. The summed E-state index contributed by atoms with van der Waals surface area (Å²) in [7, 11) is 0. The molecule has 2 atom stereocenters. The van der Waals surface area contributed by atoms with E-state index in [0.29, 0.717) is 6.54 Å². The Balaban J connectivity index is 1.61. The second-order valence-corrected chi connectivity index (χ2v) is 9.96.